The Kier molecular flexibility index (Phi) is 0.850. The second kappa shape index (κ2) is 1.51. The molecule has 0 N–H and O–H groups in total. The lowest BCUT2D eigenvalue weighted by molar-refractivity contribution is -0.442. The zero-order valence-electron chi connectivity index (χ0n) is 9.06. The van der Waals surface area contributed by atoms with Crippen molar-refractivity contribution < 1.29 is 0 Å². The van der Waals surface area contributed by atoms with Crippen molar-refractivity contribution >= 4 is 0 Å². The van der Waals surface area contributed by atoms with Crippen LogP contribution in [0.3, 0.4) is 0 Å². The summed E-state index contributed by atoms with van der Waals surface area (Å²) in [6, 6.07) is 0. The highest BCUT2D eigenvalue weighted by atomic mass is 14.9. The lowest BCUT2D eigenvalue weighted by atomic mass is 9.12. The van der Waals surface area contributed by atoms with Crippen molar-refractivity contribution in [3.63, 3.8) is 0 Å². The summed E-state index contributed by atoms with van der Waals surface area (Å²) in [5, 5.41) is 0. The minimum atomic E-state index is 0.770. The molecule has 72 valence electrons. The largest absolute Gasteiger partial charge is 0.0588 e. The molecule has 0 saturated heterocycles. The minimum Gasteiger partial charge on any atom is -0.0588 e. The van der Waals surface area contributed by atoms with Crippen LogP contribution in [-0.2, 0) is 0 Å². The second-order valence-electron chi connectivity index (χ2n) is 6.85. The maximum atomic E-state index is 2.61. The molecule has 0 heterocycles. The van der Waals surface area contributed by atoms with Crippen molar-refractivity contribution in [1.82, 2.24) is 0 Å². The van der Waals surface area contributed by atoms with Gasteiger partial charge in [-0.2, -0.15) is 0 Å². The number of hydrogen-bond donors (Lipinski definition) is 0. The molecular weight excluding hydrogens is 156 g/mol. The third kappa shape index (κ3) is 0.383. The maximum Gasteiger partial charge on any atom is -0.0179 e. The molecule has 4 rings (SSSR count). The summed E-state index contributed by atoms with van der Waals surface area (Å²) < 4.78 is 0. The Morgan fingerprint density at radius 2 is 1.31 bits per heavy atom. The van der Waals surface area contributed by atoms with Crippen molar-refractivity contribution in [3.8, 4) is 0 Å². The van der Waals surface area contributed by atoms with E-state index in [4.69, 9.17) is 0 Å². The third-order valence-corrected chi connectivity index (χ3v) is 7.49. The van der Waals surface area contributed by atoms with Gasteiger partial charge in [-0.3, -0.25) is 0 Å². The maximum absolute atomic E-state index is 2.61. The van der Waals surface area contributed by atoms with Crippen LogP contribution in [0.15, 0.2) is 0 Å². The summed E-state index contributed by atoms with van der Waals surface area (Å²) in [5.41, 5.74) is 2.33. The van der Waals surface area contributed by atoms with Crippen LogP contribution in [0.1, 0.15) is 46.5 Å². The van der Waals surface area contributed by atoms with E-state index < -0.39 is 0 Å². The zero-order chi connectivity index (χ0) is 9.06. The second-order valence-corrected chi connectivity index (χ2v) is 6.85. The van der Waals surface area contributed by atoms with Gasteiger partial charge in [0.15, 0.2) is 0 Å². The molecule has 0 bridgehead atoms. The van der Waals surface area contributed by atoms with Crippen LogP contribution in [0, 0.1) is 34.0 Å². The molecule has 4 saturated carbocycles. The lowest BCUT2D eigenvalue weighted by Gasteiger charge is -2.92. The molecule has 4 fully saturated rings. The fourth-order valence-electron chi connectivity index (χ4n) is 6.24. The molecule has 4 aliphatic carbocycles. The van der Waals surface area contributed by atoms with E-state index in [0.717, 1.165) is 34.0 Å². The van der Waals surface area contributed by atoms with Gasteiger partial charge < -0.3 is 0 Å². The van der Waals surface area contributed by atoms with Crippen molar-refractivity contribution in [3.05, 3.63) is 0 Å². The fraction of sp³-hybridized carbons (Fsp3) is 1.00. The minimum absolute atomic E-state index is 0.770. The van der Waals surface area contributed by atoms with Crippen LogP contribution in [0.5, 0.6) is 0 Å². The quantitative estimate of drug-likeness (QED) is 0.530. The van der Waals surface area contributed by atoms with Crippen LogP contribution in [0.2, 0.25) is 0 Å². The van der Waals surface area contributed by atoms with Gasteiger partial charge in [-0.05, 0) is 59.7 Å². The van der Waals surface area contributed by atoms with Gasteiger partial charge in [0.25, 0.3) is 0 Å². The van der Waals surface area contributed by atoms with Gasteiger partial charge >= 0.3 is 0 Å². The van der Waals surface area contributed by atoms with E-state index in [1.165, 1.54) is 12.8 Å². The van der Waals surface area contributed by atoms with E-state index in [1.54, 1.807) is 12.8 Å². The van der Waals surface area contributed by atoms with Gasteiger partial charge in [-0.25, -0.2) is 0 Å². The Labute approximate surface area is 81.1 Å². The first kappa shape index (κ1) is 7.31. The predicted octanol–water partition coefficient (Wildman–Crippen LogP) is 3.47. The van der Waals surface area contributed by atoms with E-state index in [-0.39, 0.29) is 0 Å². The SMILES string of the molecule is CC12CCC1C1C3CCC3(C)C12C. The topological polar surface area (TPSA) is 0 Å². The van der Waals surface area contributed by atoms with Crippen LogP contribution in [-0.4, -0.2) is 0 Å². The van der Waals surface area contributed by atoms with Crippen molar-refractivity contribution in [1.29, 1.82) is 0 Å². The van der Waals surface area contributed by atoms with E-state index >= 15 is 0 Å². The smallest absolute Gasteiger partial charge is 0.0179 e. The summed E-state index contributed by atoms with van der Waals surface area (Å²) in [4.78, 5) is 0. The summed E-state index contributed by atoms with van der Waals surface area (Å²) in [6.07, 6.45) is 6.19. The summed E-state index contributed by atoms with van der Waals surface area (Å²) >= 11 is 0. The van der Waals surface area contributed by atoms with Crippen molar-refractivity contribution in [2.75, 3.05) is 0 Å². The molecule has 0 radical (unpaired) electrons. The first-order valence-electron chi connectivity index (χ1n) is 6.06. The zero-order valence-corrected chi connectivity index (χ0v) is 9.06. The first-order valence-corrected chi connectivity index (χ1v) is 6.06. The molecule has 0 heteroatoms. The third-order valence-electron chi connectivity index (χ3n) is 7.49. The molecule has 0 aliphatic heterocycles. The van der Waals surface area contributed by atoms with Crippen LogP contribution < -0.4 is 0 Å². The summed E-state index contributed by atoms with van der Waals surface area (Å²) in [6.45, 7) is 7.78. The average molecular weight is 176 g/mol. The Balaban J connectivity index is 1.82. The van der Waals surface area contributed by atoms with Gasteiger partial charge in [0, 0.05) is 0 Å². The van der Waals surface area contributed by atoms with E-state index in [2.05, 4.69) is 20.8 Å². The molecule has 0 spiro atoms. The molecular formula is C13H20. The Morgan fingerprint density at radius 1 is 0.846 bits per heavy atom. The van der Waals surface area contributed by atoms with Gasteiger partial charge in [0.1, 0.15) is 0 Å². The van der Waals surface area contributed by atoms with Gasteiger partial charge in [-0.1, -0.05) is 20.8 Å². The van der Waals surface area contributed by atoms with Gasteiger partial charge in [0.05, 0.1) is 0 Å². The Hall–Kier alpha value is 0. The highest BCUT2D eigenvalue weighted by molar-refractivity contribution is 5.34. The molecule has 4 atom stereocenters. The average Bonchev–Trinajstić information content (AvgIpc) is 2.09. The standard InChI is InChI=1S/C13H20/c1-11-6-4-8(11)10-9-5-7-12(9,2)13(10,11)3/h8-10H,4-7H2,1-3H3. The number of hydrogen-bond acceptors (Lipinski definition) is 0. The predicted molar refractivity (Wildman–Crippen MR) is 53.3 cm³/mol. The number of fused-ring (bicyclic) bond motifs is 7. The van der Waals surface area contributed by atoms with Crippen LogP contribution >= 0.6 is 0 Å². The molecule has 13 heavy (non-hydrogen) atoms. The molecule has 0 nitrogen and oxygen atoms in total. The summed E-state index contributed by atoms with van der Waals surface area (Å²) in [7, 11) is 0. The van der Waals surface area contributed by atoms with Gasteiger partial charge in [-0.15, -0.1) is 0 Å². The number of rotatable bonds is 0. The molecule has 0 aromatic heterocycles. The van der Waals surface area contributed by atoms with E-state index in [0.29, 0.717) is 0 Å². The highest BCUT2D eigenvalue weighted by Gasteiger charge is 2.87. The lowest BCUT2D eigenvalue weighted by Crippen LogP contribution is -2.86. The van der Waals surface area contributed by atoms with Crippen LogP contribution in [0.25, 0.3) is 0 Å². The van der Waals surface area contributed by atoms with Crippen molar-refractivity contribution in [2.45, 2.75) is 46.5 Å². The monoisotopic (exact) mass is 176 g/mol. The molecule has 0 aromatic carbocycles. The molecule has 0 amide bonds. The Morgan fingerprint density at radius 3 is 1.54 bits per heavy atom. The van der Waals surface area contributed by atoms with Crippen molar-refractivity contribution in [2.24, 2.45) is 34.0 Å². The van der Waals surface area contributed by atoms with E-state index in [1.807, 2.05) is 0 Å². The molecule has 4 aliphatic rings. The fourth-order valence-corrected chi connectivity index (χ4v) is 6.24. The first-order chi connectivity index (χ1) is 6.06. The van der Waals surface area contributed by atoms with Gasteiger partial charge in [0.2, 0.25) is 0 Å². The van der Waals surface area contributed by atoms with E-state index in [9.17, 15) is 0 Å². The molecule has 0 aromatic rings. The normalized spacial score (nSPS) is 77.3. The Bertz CT molecular complexity index is 279. The van der Waals surface area contributed by atoms with Crippen LogP contribution in [0.4, 0.5) is 0 Å². The summed E-state index contributed by atoms with van der Waals surface area (Å²) in [5.74, 6) is 3.46. The highest BCUT2D eigenvalue weighted by Crippen LogP contribution is 2.93. The molecule has 4 unspecified atom stereocenters.